The third-order valence-corrected chi connectivity index (χ3v) is 7.70. The molecule has 0 N–H and O–H groups in total. The second kappa shape index (κ2) is 8.36. The predicted molar refractivity (Wildman–Crippen MR) is 122 cm³/mol. The number of aromatic nitrogens is 1. The van der Waals surface area contributed by atoms with Gasteiger partial charge in [-0.1, -0.05) is 30.7 Å². The molecule has 0 spiro atoms. The lowest BCUT2D eigenvalue weighted by atomic mass is 10.1. The molecular formula is C24H29N3O2S. The molecule has 0 radical (unpaired) electrons. The fourth-order valence-electron chi connectivity index (χ4n) is 4.10. The third-order valence-electron chi connectivity index (χ3n) is 5.93. The van der Waals surface area contributed by atoms with E-state index in [1.54, 1.807) is 18.3 Å². The Labute approximate surface area is 179 Å². The van der Waals surface area contributed by atoms with Crippen molar-refractivity contribution in [2.45, 2.75) is 36.5 Å². The monoisotopic (exact) mass is 423 g/mol. The summed E-state index contributed by atoms with van der Waals surface area (Å²) in [6.45, 7) is 7.63. The number of rotatable bonds is 4. The van der Waals surface area contributed by atoms with Gasteiger partial charge in [-0.2, -0.15) is 0 Å². The highest BCUT2D eigenvalue weighted by atomic mass is 32.2. The Hall–Kier alpha value is -2.44. The molecule has 158 valence electrons. The van der Waals surface area contributed by atoms with Gasteiger partial charge in [0.05, 0.1) is 16.1 Å². The quantitative estimate of drug-likeness (QED) is 0.633. The number of aryl methyl sites for hydroxylation is 2. The van der Waals surface area contributed by atoms with E-state index in [-0.39, 0.29) is 0 Å². The minimum absolute atomic E-state index is 0.300. The zero-order valence-corrected chi connectivity index (χ0v) is 18.7. The lowest BCUT2D eigenvalue weighted by Gasteiger charge is -2.27. The molecule has 6 heteroatoms. The van der Waals surface area contributed by atoms with Crippen LogP contribution in [0.1, 0.15) is 24.5 Å². The number of hydrogen-bond acceptors (Lipinski definition) is 5. The van der Waals surface area contributed by atoms with Gasteiger partial charge in [-0.15, -0.1) is 0 Å². The van der Waals surface area contributed by atoms with E-state index < -0.39 is 9.84 Å². The van der Waals surface area contributed by atoms with Crippen LogP contribution in [-0.4, -0.2) is 51.5 Å². The van der Waals surface area contributed by atoms with E-state index in [4.69, 9.17) is 0 Å². The molecule has 1 aliphatic heterocycles. The van der Waals surface area contributed by atoms with E-state index in [9.17, 15) is 8.42 Å². The van der Waals surface area contributed by atoms with Crippen LogP contribution in [-0.2, 0) is 16.3 Å². The highest BCUT2D eigenvalue weighted by Crippen LogP contribution is 2.36. The number of nitrogens with zero attached hydrogens (tertiary/aromatic N) is 3. The summed E-state index contributed by atoms with van der Waals surface area (Å²) in [7, 11) is -1.58. The molecule has 2 heterocycles. The first kappa shape index (κ1) is 20.8. The Morgan fingerprint density at radius 3 is 2.50 bits per heavy atom. The van der Waals surface area contributed by atoms with Crippen molar-refractivity contribution in [1.82, 2.24) is 9.88 Å². The van der Waals surface area contributed by atoms with Crippen molar-refractivity contribution in [2.75, 3.05) is 38.1 Å². The van der Waals surface area contributed by atoms with Gasteiger partial charge in [0, 0.05) is 31.2 Å². The van der Waals surface area contributed by atoms with E-state index in [0.29, 0.717) is 9.79 Å². The molecule has 0 atom stereocenters. The maximum absolute atomic E-state index is 13.7. The Bertz CT molecular complexity index is 1160. The number of fused-ring (bicyclic) bond motifs is 1. The minimum Gasteiger partial charge on any atom is -0.369 e. The van der Waals surface area contributed by atoms with E-state index in [1.807, 2.05) is 31.2 Å². The Balaban J connectivity index is 1.92. The van der Waals surface area contributed by atoms with Gasteiger partial charge in [0.15, 0.2) is 0 Å². The maximum atomic E-state index is 13.7. The Morgan fingerprint density at radius 1 is 1.00 bits per heavy atom. The van der Waals surface area contributed by atoms with E-state index in [1.165, 1.54) is 0 Å². The highest BCUT2D eigenvalue weighted by molar-refractivity contribution is 7.91. The molecule has 0 saturated carbocycles. The fourth-order valence-corrected chi connectivity index (χ4v) is 5.53. The molecular weight excluding hydrogens is 394 g/mol. The molecule has 0 bridgehead atoms. The second-order valence-electron chi connectivity index (χ2n) is 8.14. The average molecular weight is 424 g/mol. The van der Waals surface area contributed by atoms with Crippen LogP contribution >= 0.6 is 0 Å². The summed E-state index contributed by atoms with van der Waals surface area (Å²) in [6.07, 6.45) is 3.42. The molecule has 0 unspecified atom stereocenters. The van der Waals surface area contributed by atoms with Crippen LogP contribution in [0.3, 0.4) is 0 Å². The molecule has 0 aliphatic carbocycles. The standard InChI is InChI=1S/C24H29N3O2S/c1-4-19-7-9-20(10-8-19)30(28,29)23-17-25-22-11-6-18(2)16-21(22)24(23)27-13-5-12-26(3)14-15-27/h6-11,16-17H,4-5,12-15H2,1-3H3. The number of hydrogen-bond donors (Lipinski definition) is 0. The first-order valence-electron chi connectivity index (χ1n) is 10.6. The second-order valence-corrected chi connectivity index (χ2v) is 10.1. The fraction of sp³-hybridized carbons (Fsp3) is 0.375. The van der Waals surface area contributed by atoms with Gasteiger partial charge in [-0.25, -0.2) is 8.42 Å². The van der Waals surface area contributed by atoms with Gasteiger partial charge < -0.3 is 9.80 Å². The molecule has 5 nitrogen and oxygen atoms in total. The normalized spacial score (nSPS) is 16.0. The van der Waals surface area contributed by atoms with E-state index >= 15 is 0 Å². The Morgan fingerprint density at radius 2 is 1.77 bits per heavy atom. The summed E-state index contributed by atoms with van der Waals surface area (Å²) in [5, 5.41) is 0.908. The number of benzene rings is 2. The van der Waals surface area contributed by atoms with E-state index in [0.717, 1.165) is 66.7 Å². The summed E-state index contributed by atoms with van der Waals surface area (Å²) in [6, 6.07) is 13.3. The van der Waals surface area contributed by atoms with Crippen LogP contribution in [0.15, 0.2) is 58.5 Å². The summed E-state index contributed by atoms with van der Waals surface area (Å²) in [4.78, 5) is 9.68. The number of pyridine rings is 1. The van der Waals surface area contributed by atoms with Crippen LogP contribution < -0.4 is 4.90 Å². The van der Waals surface area contributed by atoms with Crippen LogP contribution in [0.5, 0.6) is 0 Å². The van der Waals surface area contributed by atoms with Crippen molar-refractivity contribution in [3.05, 3.63) is 59.8 Å². The van der Waals surface area contributed by atoms with Gasteiger partial charge in [0.25, 0.3) is 0 Å². The van der Waals surface area contributed by atoms with Gasteiger partial charge in [0.1, 0.15) is 4.90 Å². The Kier molecular flexibility index (Phi) is 5.80. The van der Waals surface area contributed by atoms with Crippen molar-refractivity contribution >= 4 is 26.4 Å². The largest absolute Gasteiger partial charge is 0.369 e. The van der Waals surface area contributed by atoms with Crippen molar-refractivity contribution in [2.24, 2.45) is 0 Å². The minimum atomic E-state index is -3.69. The summed E-state index contributed by atoms with van der Waals surface area (Å²) in [5.74, 6) is 0. The summed E-state index contributed by atoms with van der Waals surface area (Å²) in [5.41, 5.74) is 3.84. The zero-order chi connectivity index (χ0) is 21.3. The third kappa shape index (κ3) is 3.94. The SMILES string of the molecule is CCc1ccc(S(=O)(=O)c2cnc3ccc(C)cc3c2N2CCCN(C)CC2)cc1. The van der Waals surface area contributed by atoms with Crippen LogP contribution in [0.25, 0.3) is 10.9 Å². The van der Waals surface area contributed by atoms with E-state index in [2.05, 4.69) is 34.8 Å². The first-order chi connectivity index (χ1) is 14.4. The topological polar surface area (TPSA) is 53.5 Å². The molecule has 3 aromatic rings. The molecule has 1 fully saturated rings. The number of anilines is 1. The van der Waals surface area contributed by atoms with Crippen LogP contribution in [0, 0.1) is 6.92 Å². The summed E-state index contributed by atoms with van der Waals surface area (Å²) >= 11 is 0. The van der Waals surface area contributed by atoms with Crippen molar-refractivity contribution < 1.29 is 8.42 Å². The van der Waals surface area contributed by atoms with Crippen molar-refractivity contribution in [1.29, 1.82) is 0 Å². The number of sulfone groups is 1. The smallest absolute Gasteiger partial charge is 0.210 e. The molecule has 1 aliphatic rings. The molecule has 1 saturated heterocycles. The maximum Gasteiger partial charge on any atom is 0.210 e. The first-order valence-corrected chi connectivity index (χ1v) is 12.1. The van der Waals surface area contributed by atoms with Crippen LogP contribution in [0.4, 0.5) is 5.69 Å². The molecule has 1 aromatic heterocycles. The van der Waals surface area contributed by atoms with Gasteiger partial charge in [-0.05, 0) is 63.2 Å². The zero-order valence-electron chi connectivity index (χ0n) is 17.9. The number of likely N-dealkylation sites (N-methyl/N-ethyl adjacent to an activating group) is 1. The van der Waals surface area contributed by atoms with Gasteiger partial charge in [-0.3, -0.25) is 4.98 Å². The predicted octanol–water partition coefficient (Wildman–Crippen LogP) is 4.08. The average Bonchev–Trinajstić information content (AvgIpc) is 2.97. The lowest BCUT2D eigenvalue weighted by molar-refractivity contribution is 0.360. The van der Waals surface area contributed by atoms with Gasteiger partial charge in [0.2, 0.25) is 9.84 Å². The lowest BCUT2D eigenvalue weighted by Crippen LogP contribution is -2.30. The molecule has 30 heavy (non-hydrogen) atoms. The van der Waals surface area contributed by atoms with Crippen molar-refractivity contribution in [3.63, 3.8) is 0 Å². The highest BCUT2D eigenvalue weighted by Gasteiger charge is 2.27. The van der Waals surface area contributed by atoms with Gasteiger partial charge >= 0.3 is 0 Å². The van der Waals surface area contributed by atoms with Crippen LogP contribution in [0.2, 0.25) is 0 Å². The van der Waals surface area contributed by atoms with Crippen molar-refractivity contribution in [3.8, 4) is 0 Å². The summed E-state index contributed by atoms with van der Waals surface area (Å²) < 4.78 is 27.4. The molecule has 2 aromatic carbocycles. The molecule has 0 amide bonds. The molecule has 4 rings (SSSR count).